The van der Waals surface area contributed by atoms with Crippen molar-refractivity contribution in [2.45, 2.75) is 25.9 Å². The van der Waals surface area contributed by atoms with Crippen LogP contribution < -0.4 is 14.8 Å². The monoisotopic (exact) mass is 396 g/mol. The average molecular weight is 397 g/mol. The van der Waals surface area contributed by atoms with E-state index in [0.717, 1.165) is 12.1 Å². The van der Waals surface area contributed by atoms with Crippen molar-refractivity contribution in [3.8, 4) is 11.5 Å². The smallest absolute Gasteiger partial charge is 0.251 e. The average Bonchev–Trinajstić information content (AvgIpc) is 3.27. The maximum Gasteiger partial charge on any atom is 0.251 e. The van der Waals surface area contributed by atoms with Crippen molar-refractivity contribution in [2.75, 3.05) is 13.7 Å². The first-order valence-corrected chi connectivity index (χ1v) is 10.2. The lowest BCUT2D eigenvalue weighted by atomic mass is 9.96. The Morgan fingerprint density at radius 3 is 2.68 bits per heavy atom. The fourth-order valence-corrected chi connectivity index (χ4v) is 3.47. The van der Waals surface area contributed by atoms with E-state index in [0.29, 0.717) is 30.2 Å². The quantitative estimate of drug-likeness (QED) is 0.572. The molecular formula is C22H24N2O3S. The minimum Gasteiger partial charge on any atom is -0.493 e. The highest BCUT2D eigenvalue weighted by molar-refractivity contribution is 7.07. The first-order chi connectivity index (χ1) is 13.7. The van der Waals surface area contributed by atoms with E-state index in [1.165, 1.54) is 16.9 Å². The molecule has 2 aromatic carbocycles. The number of hydrogen-bond acceptors (Lipinski definition) is 5. The summed E-state index contributed by atoms with van der Waals surface area (Å²) in [6.45, 7) is 3.08. The second kappa shape index (κ2) is 9.90. The molecule has 0 saturated carbocycles. The molecule has 146 valence electrons. The summed E-state index contributed by atoms with van der Waals surface area (Å²) in [4.78, 5) is 16.8. The highest BCUT2D eigenvalue weighted by atomic mass is 32.1. The zero-order chi connectivity index (χ0) is 19.8. The number of carbonyl (C=O) groups excluding carboxylic acids is 1. The topological polar surface area (TPSA) is 60.5 Å². The van der Waals surface area contributed by atoms with Gasteiger partial charge in [0.05, 0.1) is 18.3 Å². The third kappa shape index (κ3) is 5.10. The van der Waals surface area contributed by atoms with Gasteiger partial charge < -0.3 is 14.8 Å². The number of amides is 1. The van der Waals surface area contributed by atoms with Crippen LogP contribution in [0.1, 0.15) is 40.9 Å². The van der Waals surface area contributed by atoms with Crippen LogP contribution >= 0.6 is 11.3 Å². The SMILES string of the molecule is CCC(CNC(=O)c1ccc(OCc2cscn2)c(OC)c1)c1ccccc1. The van der Waals surface area contributed by atoms with Crippen LogP contribution in [-0.2, 0) is 6.61 Å². The van der Waals surface area contributed by atoms with Crippen molar-refractivity contribution >= 4 is 17.2 Å². The molecular weight excluding hydrogens is 372 g/mol. The number of aromatic nitrogens is 1. The molecule has 0 aliphatic carbocycles. The van der Waals surface area contributed by atoms with E-state index >= 15 is 0 Å². The number of methoxy groups -OCH3 is 1. The van der Waals surface area contributed by atoms with Crippen molar-refractivity contribution in [2.24, 2.45) is 0 Å². The van der Waals surface area contributed by atoms with Gasteiger partial charge in [0.1, 0.15) is 6.61 Å². The minimum absolute atomic E-state index is 0.126. The third-order valence-corrected chi connectivity index (χ3v) is 5.19. The molecule has 0 saturated heterocycles. The van der Waals surface area contributed by atoms with Crippen LogP contribution in [0, 0.1) is 0 Å². The summed E-state index contributed by atoms with van der Waals surface area (Å²) in [6, 6.07) is 15.4. The van der Waals surface area contributed by atoms with E-state index in [9.17, 15) is 4.79 Å². The van der Waals surface area contributed by atoms with Gasteiger partial charge in [0, 0.05) is 23.4 Å². The van der Waals surface area contributed by atoms with Gasteiger partial charge in [0.2, 0.25) is 0 Å². The molecule has 0 radical (unpaired) electrons. The number of carbonyl (C=O) groups is 1. The number of nitrogens with one attached hydrogen (secondary N) is 1. The van der Waals surface area contributed by atoms with E-state index in [1.807, 2.05) is 23.6 Å². The van der Waals surface area contributed by atoms with Crippen LogP contribution in [0.5, 0.6) is 11.5 Å². The Morgan fingerprint density at radius 1 is 1.18 bits per heavy atom. The predicted molar refractivity (Wildman–Crippen MR) is 111 cm³/mol. The Morgan fingerprint density at radius 2 is 2.00 bits per heavy atom. The maximum atomic E-state index is 12.6. The lowest BCUT2D eigenvalue weighted by molar-refractivity contribution is 0.0950. The highest BCUT2D eigenvalue weighted by Gasteiger charge is 2.14. The summed E-state index contributed by atoms with van der Waals surface area (Å²) >= 11 is 1.52. The van der Waals surface area contributed by atoms with Crippen molar-refractivity contribution in [1.29, 1.82) is 0 Å². The Labute approximate surface area is 169 Å². The summed E-state index contributed by atoms with van der Waals surface area (Å²) in [5.41, 5.74) is 4.40. The Kier molecular flexibility index (Phi) is 7.03. The fourth-order valence-electron chi connectivity index (χ4n) is 2.93. The fraction of sp³-hybridized carbons (Fsp3) is 0.273. The van der Waals surface area contributed by atoms with E-state index in [-0.39, 0.29) is 11.8 Å². The molecule has 1 aromatic heterocycles. The van der Waals surface area contributed by atoms with Gasteiger partial charge in [-0.2, -0.15) is 0 Å². The number of nitrogens with zero attached hydrogens (tertiary/aromatic N) is 1. The van der Waals surface area contributed by atoms with Gasteiger partial charge in [-0.05, 0) is 30.2 Å². The predicted octanol–water partition coefficient (Wildman–Crippen LogP) is 4.65. The maximum absolute atomic E-state index is 12.6. The molecule has 0 bridgehead atoms. The van der Waals surface area contributed by atoms with E-state index in [4.69, 9.17) is 9.47 Å². The van der Waals surface area contributed by atoms with Gasteiger partial charge in [-0.3, -0.25) is 4.79 Å². The zero-order valence-corrected chi connectivity index (χ0v) is 16.9. The number of benzene rings is 2. The van der Waals surface area contributed by atoms with E-state index in [2.05, 4.69) is 29.4 Å². The van der Waals surface area contributed by atoms with Crippen molar-refractivity contribution in [3.05, 3.63) is 76.2 Å². The normalized spacial score (nSPS) is 11.6. The number of thiazole rings is 1. The van der Waals surface area contributed by atoms with Crippen LogP contribution in [0.2, 0.25) is 0 Å². The van der Waals surface area contributed by atoms with Crippen LogP contribution in [0.3, 0.4) is 0 Å². The molecule has 3 rings (SSSR count). The van der Waals surface area contributed by atoms with Gasteiger partial charge in [0.25, 0.3) is 5.91 Å². The summed E-state index contributed by atoms with van der Waals surface area (Å²) in [5.74, 6) is 1.27. The highest BCUT2D eigenvalue weighted by Crippen LogP contribution is 2.29. The number of ether oxygens (including phenoxy) is 2. The standard InChI is InChI=1S/C22H24N2O3S/c1-3-16(17-7-5-4-6-8-17)12-23-22(25)18-9-10-20(21(11-18)26-2)27-13-19-14-28-15-24-19/h4-11,14-16H,3,12-13H2,1-2H3,(H,23,25). The van der Waals surface area contributed by atoms with Gasteiger partial charge in [-0.25, -0.2) is 4.98 Å². The Balaban J connectivity index is 1.63. The molecule has 1 atom stereocenters. The summed E-state index contributed by atoms with van der Waals surface area (Å²) < 4.78 is 11.2. The molecule has 1 amide bonds. The summed E-state index contributed by atoms with van der Waals surface area (Å²) in [6.07, 6.45) is 0.955. The van der Waals surface area contributed by atoms with Crippen LogP contribution in [0.15, 0.2) is 59.4 Å². The van der Waals surface area contributed by atoms with Gasteiger partial charge in [-0.15, -0.1) is 11.3 Å². The molecule has 1 unspecified atom stereocenters. The molecule has 3 aromatic rings. The second-order valence-electron chi connectivity index (χ2n) is 6.36. The molecule has 5 nitrogen and oxygen atoms in total. The molecule has 0 aliphatic rings. The molecule has 28 heavy (non-hydrogen) atoms. The second-order valence-corrected chi connectivity index (χ2v) is 7.08. The van der Waals surface area contributed by atoms with Crippen molar-refractivity contribution in [3.63, 3.8) is 0 Å². The first-order valence-electron chi connectivity index (χ1n) is 9.22. The van der Waals surface area contributed by atoms with Gasteiger partial charge in [-0.1, -0.05) is 37.3 Å². The molecule has 6 heteroatoms. The van der Waals surface area contributed by atoms with Crippen LogP contribution in [0.25, 0.3) is 0 Å². The Bertz CT molecular complexity index is 882. The molecule has 0 aliphatic heterocycles. The Hall–Kier alpha value is -2.86. The third-order valence-electron chi connectivity index (χ3n) is 4.56. The van der Waals surface area contributed by atoms with Crippen LogP contribution in [0.4, 0.5) is 0 Å². The minimum atomic E-state index is -0.126. The molecule has 0 spiro atoms. The van der Waals surface area contributed by atoms with Crippen molar-refractivity contribution in [1.82, 2.24) is 10.3 Å². The van der Waals surface area contributed by atoms with Crippen molar-refractivity contribution < 1.29 is 14.3 Å². The lowest BCUT2D eigenvalue weighted by Gasteiger charge is -2.17. The summed E-state index contributed by atoms with van der Waals surface area (Å²) in [5, 5.41) is 4.97. The lowest BCUT2D eigenvalue weighted by Crippen LogP contribution is -2.28. The number of rotatable bonds is 9. The number of hydrogen-bond donors (Lipinski definition) is 1. The van der Waals surface area contributed by atoms with E-state index < -0.39 is 0 Å². The largest absolute Gasteiger partial charge is 0.493 e. The van der Waals surface area contributed by atoms with Crippen LogP contribution in [-0.4, -0.2) is 24.5 Å². The molecule has 1 heterocycles. The van der Waals surface area contributed by atoms with E-state index in [1.54, 1.807) is 30.8 Å². The summed E-state index contributed by atoms with van der Waals surface area (Å²) in [7, 11) is 1.56. The molecule has 0 fully saturated rings. The van der Waals surface area contributed by atoms with Gasteiger partial charge in [0.15, 0.2) is 11.5 Å². The first kappa shape index (κ1) is 19.9. The van der Waals surface area contributed by atoms with Gasteiger partial charge >= 0.3 is 0 Å². The zero-order valence-electron chi connectivity index (χ0n) is 16.1. The molecule has 1 N–H and O–H groups in total.